The molecule has 116 valence electrons. The van der Waals surface area contributed by atoms with Gasteiger partial charge in [0.25, 0.3) is 0 Å². The summed E-state index contributed by atoms with van der Waals surface area (Å²) in [4.78, 5) is 24.8. The first-order chi connectivity index (χ1) is 9.90. The third kappa shape index (κ3) is 6.76. The van der Waals surface area contributed by atoms with Gasteiger partial charge in [-0.3, -0.25) is 14.5 Å². The zero-order valence-electron chi connectivity index (χ0n) is 12.6. The number of nitrogens with one attached hydrogen (secondary N) is 1. The van der Waals surface area contributed by atoms with Gasteiger partial charge in [-0.25, -0.2) is 0 Å². The van der Waals surface area contributed by atoms with Crippen molar-refractivity contribution in [3.63, 3.8) is 0 Å². The van der Waals surface area contributed by atoms with Gasteiger partial charge in [0.2, 0.25) is 11.8 Å². The number of amides is 2. The molecule has 1 atom stereocenters. The molecule has 1 rings (SSSR count). The topological polar surface area (TPSA) is 101 Å². The molecule has 0 saturated carbocycles. The van der Waals surface area contributed by atoms with Crippen LogP contribution in [0.5, 0.6) is 0 Å². The van der Waals surface area contributed by atoms with Crippen molar-refractivity contribution in [2.24, 2.45) is 5.73 Å². The van der Waals surface area contributed by atoms with E-state index in [0.717, 1.165) is 12.0 Å². The van der Waals surface area contributed by atoms with E-state index in [1.165, 1.54) is 0 Å². The molecule has 5 N–H and O–H groups in total. The first-order valence-electron chi connectivity index (χ1n) is 7.05. The van der Waals surface area contributed by atoms with Crippen LogP contribution in [0.1, 0.15) is 25.8 Å². The number of benzene rings is 1. The molecule has 21 heavy (non-hydrogen) atoms. The molecule has 0 spiro atoms. The minimum Gasteiger partial charge on any atom is -0.399 e. The summed E-state index contributed by atoms with van der Waals surface area (Å²) in [5.41, 5.74) is 12.5. The fourth-order valence-corrected chi connectivity index (χ4v) is 1.89. The fraction of sp³-hybridized carbons (Fsp3) is 0.467. The highest BCUT2D eigenvalue weighted by Gasteiger charge is 2.14. The summed E-state index contributed by atoms with van der Waals surface area (Å²) in [6.45, 7) is 4.59. The van der Waals surface area contributed by atoms with Crippen molar-refractivity contribution in [3.8, 4) is 0 Å². The number of hydrogen-bond donors (Lipinski definition) is 3. The molecule has 0 fully saturated rings. The van der Waals surface area contributed by atoms with Gasteiger partial charge >= 0.3 is 0 Å². The second-order valence-electron chi connectivity index (χ2n) is 5.23. The zero-order chi connectivity index (χ0) is 15.8. The van der Waals surface area contributed by atoms with Crippen molar-refractivity contribution in [1.82, 2.24) is 10.2 Å². The lowest BCUT2D eigenvalue weighted by Gasteiger charge is -2.21. The normalized spacial score (nSPS) is 12.1. The number of hydrogen-bond acceptors (Lipinski definition) is 4. The van der Waals surface area contributed by atoms with Gasteiger partial charge in [-0.2, -0.15) is 0 Å². The highest BCUT2D eigenvalue weighted by Crippen LogP contribution is 2.08. The molecule has 0 aliphatic carbocycles. The summed E-state index contributed by atoms with van der Waals surface area (Å²) in [6.07, 6.45) is 0.861. The Bertz CT molecular complexity index is 473. The van der Waals surface area contributed by atoms with Crippen molar-refractivity contribution in [1.29, 1.82) is 0 Å². The van der Waals surface area contributed by atoms with Crippen molar-refractivity contribution >= 4 is 17.5 Å². The highest BCUT2D eigenvalue weighted by molar-refractivity contribution is 5.80. The molecule has 0 heterocycles. The molecule has 2 amide bonds. The summed E-state index contributed by atoms with van der Waals surface area (Å²) in [5.74, 6) is -0.567. The number of nitrogen functional groups attached to an aromatic ring is 1. The maximum absolute atomic E-state index is 11.9. The van der Waals surface area contributed by atoms with Crippen LogP contribution >= 0.6 is 0 Å². The molecule has 0 aliphatic rings. The number of nitrogens with zero attached hydrogens (tertiary/aromatic N) is 1. The molecule has 6 heteroatoms. The smallest absolute Gasteiger partial charge is 0.234 e. The van der Waals surface area contributed by atoms with Crippen molar-refractivity contribution < 1.29 is 9.59 Å². The molecule has 0 aliphatic heterocycles. The van der Waals surface area contributed by atoms with E-state index in [1.807, 2.05) is 26.0 Å². The Balaban J connectivity index is 2.64. The predicted molar refractivity (Wildman–Crippen MR) is 83.2 cm³/mol. The number of carbonyl (C=O) groups is 2. The largest absolute Gasteiger partial charge is 0.399 e. The van der Waals surface area contributed by atoms with Crippen LogP contribution < -0.4 is 16.8 Å². The number of anilines is 1. The number of primary amides is 1. The van der Waals surface area contributed by atoms with E-state index in [4.69, 9.17) is 11.5 Å². The molecular formula is C15H24N4O2. The first-order valence-corrected chi connectivity index (χ1v) is 7.05. The van der Waals surface area contributed by atoms with E-state index < -0.39 is 5.91 Å². The van der Waals surface area contributed by atoms with Crippen molar-refractivity contribution in [2.75, 3.05) is 18.8 Å². The predicted octanol–water partition coefficient (Wildman–Crippen LogP) is 0.471. The Morgan fingerprint density at radius 3 is 2.38 bits per heavy atom. The summed E-state index contributed by atoms with van der Waals surface area (Å²) >= 11 is 0. The summed E-state index contributed by atoms with van der Waals surface area (Å²) in [5, 5.41) is 2.88. The van der Waals surface area contributed by atoms with Crippen molar-refractivity contribution in [3.05, 3.63) is 29.8 Å². The van der Waals surface area contributed by atoms with Gasteiger partial charge in [0, 0.05) is 18.3 Å². The lowest BCUT2D eigenvalue weighted by atomic mass is 10.2. The quantitative estimate of drug-likeness (QED) is 0.606. The first kappa shape index (κ1) is 17.0. The number of nitrogens with two attached hydrogens (primary N) is 2. The monoisotopic (exact) mass is 292 g/mol. The Kier molecular flexibility index (Phi) is 6.68. The highest BCUT2D eigenvalue weighted by atomic mass is 16.2. The standard InChI is InChI=1S/C15H24N4O2/c1-3-11(2)18-15(21)10-19(9-14(17)20)8-12-4-6-13(16)7-5-12/h4-7,11H,3,8-10,16H2,1-2H3,(H2,17,20)(H,18,21). The molecule has 1 unspecified atom stereocenters. The van der Waals surface area contributed by atoms with Crippen LogP contribution in [0.15, 0.2) is 24.3 Å². The molecule has 0 saturated heterocycles. The van der Waals surface area contributed by atoms with Crippen LogP contribution in [-0.4, -0.2) is 35.8 Å². The van der Waals surface area contributed by atoms with Crippen LogP contribution in [0.3, 0.4) is 0 Å². The average Bonchev–Trinajstić information content (AvgIpc) is 2.40. The number of carbonyl (C=O) groups excluding carboxylic acids is 2. The zero-order valence-corrected chi connectivity index (χ0v) is 12.6. The van der Waals surface area contributed by atoms with Crippen molar-refractivity contribution in [2.45, 2.75) is 32.9 Å². The SMILES string of the molecule is CCC(C)NC(=O)CN(CC(N)=O)Cc1ccc(N)cc1. The summed E-state index contributed by atoms with van der Waals surface area (Å²) < 4.78 is 0. The van der Waals surface area contributed by atoms with Crippen LogP contribution in [0.25, 0.3) is 0 Å². The minimum absolute atomic E-state index is 0.0400. The van der Waals surface area contributed by atoms with E-state index in [2.05, 4.69) is 5.32 Å². The summed E-state index contributed by atoms with van der Waals surface area (Å²) in [6, 6.07) is 7.43. The third-order valence-corrected chi connectivity index (χ3v) is 3.15. The second-order valence-corrected chi connectivity index (χ2v) is 5.23. The molecule has 1 aromatic carbocycles. The van der Waals surface area contributed by atoms with Gasteiger partial charge in [0.15, 0.2) is 0 Å². The summed E-state index contributed by atoms with van der Waals surface area (Å²) in [7, 11) is 0. The lowest BCUT2D eigenvalue weighted by Crippen LogP contribution is -2.43. The Hall–Kier alpha value is -2.08. The van der Waals surface area contributed by atoms with Gasteiger partial charge in [0.1, 0.15) is 0 Å². The Labute approximate surface area is 125 Å². The molecule has 0 radical (unpaired) electrons. The maximum atomic E-state index is 11.9. The van der Waals surface area contributed by atoms with E-state index in [-0.39, 0.29) is 25.0 Å². The van der Waals surface area contributed by atoms with Crippen LogP contribution in [0.4, 0.5) is 5.69 Å². The molecule has 0 aromatic heterocycles. The third-order valence-electron chi connectivity index (χ3n) is 3.15. The van der Waals surface area contributed by atoms with Gasteiger partial charge in [-0.05, 0) is 31.0 Å². The second kappa shape index (κ2) is 8.26. The minimum atomic E-state index is -0.457. The van der Waals surface area contributed by atoms with Crippen LogP contribution in [0, 0.1) is 0 Å². The van der Waals surface area contributed by atoms with E-state index in [1.54, 1.807) is 17.0 Å². The van der Waals surface area contributed by atoms with Gasteiger partial charge in [0.05, 0.1) is 13.1 Å². The molecular weight excluding hydrogens is 268 g/mol. The number of rotatable bonds is 8. The molecule has 1 aromatic rings. The fourth-order valence-electron chi connectivity index (χ4n) is 1.89. The van der Waals surface area contributed by atoms with Gasteiger partial charge < -0.3 is 16.8 Å². The Morgan fingerprint density at radius 1 is 1.24 bits per heavy atom. The lowest BCUT2D eigenvalue weighted by molar-refractivity contribution is -0.124. The van der Waals surface area contributed by atoms with E-state index >= 15 is 0 Å². The van der Waals surface area contributed by atoms with E-state index in [9.17, 15) is 9.59 Å². The van der Waals surface area contributed by atoms with Gasteiger partial charge in [-0.15, -0.1) is 0 Å². The maximum Gasteiger partial charge on any atom is 0.234 e. The molecule has 0 bridgehead atoms. The van der Waals surface area contributed by atoms with Gasteiger partial charge in [-0.1, -0.05) is 19.1 Å². The van der Waals surface area contributed by atoms with Crippen LogP contribution in [0.2, 0.25) is 0 Å². The molecule has 6 nitrogen and oxygen atoms in total. The Morgan fingerprint density at radius 2 is 1.86 bits per heavy atom. The van der Waals surface area contributed by atoms with Crippen LogP contribution in [-0.2, 0) is 16.1 Å². The average molecular weight is 292 g/mol. The van der Waals surface area contributed by atoms with E-state index in [0.29, 0.717) is 12.2 Å².